The van der Waals surface area contributed by atoms with Crippen molar-refractivity contribution in [1.82, 2.24) is 14.9 Å². The fourth-order valence-corrected chi connectivity index (χ4v) is 4.51. The molecule has 0 saturated carbocycles. The van der Waals surface area contributed by atoms with Crippen molar-refractivity contribution < 1.29 is 31.4 Å². The number of anilines is 1. The van der Waals surface area contributed by atoms with Crippen molar-refractivity contribution in [3.05, 3.63) is 53.4 Å². The van der Waals surface area contributed by atoms with E-state index in [2.05, 4.69) is 20.2 Å². The Morgan fingerprint density at radius 3 is 2.79 bits per heavy atom. The zero-order chi connectivity index (χ0) is 23.3. The smallest absolute Gasteiger partial charge is 0.431 e. The molecule has 33 heavy (non-hydrogen) atoms. The predicted molar refractivity (Wildman–Crippen MR) is 110 cm³/mol. The van der Waals surface area contributed by atoms with Gasteiger partial charge in [0.05, 0.1) is 36.7 Å². The number of H-pyrrole nitrogens is 1. The number of benzene rings is 1. The first-order valence-corrected chi connectivity index (χ1v) is 10.5. The van der Waals surface area contributed by atoms with Crippen molar-refractivity contribution in [1.29, 1.82) is 0 Å². The first-order valence-electron chi connectivity index (χ1n) is 10.5. The standard InChI is InChI=1S/C22H21F5N4O2/c1-11-9-31(4-5-32-11)16-10-33-17-6-12(23)2-3-13(17)20(16)30-19-14-7-18(22(25,26)27)29-21(14)28-8-15(19)24/h2-3,6-8,11,16,20H,4-5,9-10H2,1H3,(H2,28,29,30). The fourth-order valence-electron chi connectivity index (χ4n) is 4.51. The molecule has 6 nitrogen and oxygen atoms in total. The summed E-state index contributed by atoms with van der Waals surface area (Å²) in [6.45, 7) is 3.83. The van der Waals surface area contributed by atoms with E-state index in [9.17, 15) is 22.0 Å². The molecule has 0 aliphatic carbocycles. The van der Waals surface area contributed by atoms with Gasteiger partial charge < -0.3 is 19.8 Å². The summed E-state index contributed by atoms with van der Waals surface area (Å²) in [4.78, 5) is 8.11. The number of rotatable bonds is 3. The van der Waals surface area contributed by atoms with E-state index in [4.69, 9.17) is 9.47 Å². The van der Waals surface area contributed by atoms with Gasteiger partial charge in [0.1, 0.15) is 29.5 Å². The average Bonchev–Trinajstić information content (AvgIpc) is 3.21. The second-order valence-electron chi connectivity index (χ2n) is 8.28. The van der Waals surface area contributed by atoms with Crippen LogP contribution >= 0.6 is 0 Å². The molecule has 1 aromatic carbocycles. The summed E-state index contributed by atoms with van der Waals surface area (Å²) < 4.78 is 79.9. The number of halogens is 5. The van der Waals surface area contributed by atoms with E-state index in [1.807, 2.05) is 6.92 Å². The third kappa shape index (κ3) is 4.10. The highest BCUT2D eigenvalue weighted by Gasteiger charge is 2.38. The Morgan fingerprint density at radius 1 is 1.21 bits per heavy atom. The zero-order valence-corrected chi connectivity index (χ0v) is 17.5. The molecule has 0 spiro atoms. The summed E-state index contributed by atoms with van der Waals surface area (Å²) in [6.07, 6.45) is -3.79. The van der Waals surface area contributed by atoms with Gasteiger partial charge in [-0.3, -0.25) is 4.90 Å². The molecule has 0 radical (unpaired) electrons. The summed E-state index contributed by atoms with van der Waals surface area (Å²) in [5.41, 5.74) is -0.635. The Bertz CT molecular complexity index is 1180. The maximum Gasteiger partial charge on any atom is 0.431 e. The van der Waals surface area contributed by atoms with E-state index in [1.165, 1.54) is 12.1 Å². The van der Waals surface area contributed by atoms with Gasteiger partial charge in [0.2, 0.25) is 0 Å². The highest BCUT2D eigenvalue weighted by molar-refractivity contribution is 5.90. The molecule has 2 aromatic heterocycles. The lowest BCUT2D eigenvalue weighted by atomic mass is 9.93. The third-order valence-corrected chi connectivity index (χ3v) is 6.06. The number of alkyl halides is 3. The van der Waals surface area contributed by atoms with Gasteiger partial charge in [-0.1, -0.05) is 6.07 Å². The van der Waals surface area contributed by atoms with Crippen molar-refractivity contribution >= 4 is 16.7 Å². The molecule has 2 N–H and O–H groups in total. The lowest BCUT2D eigenvalue weighted by molar-refractivity contribution is -0.140. The maximum atomic E-state index is 14.9. The Hall–Kier alpha value is -2.92. The van der Waals surface area contributed by atoms with Crippen LogP contribution in [-0.2, 0) is 10.9 Å². The van der Waals surface area contributed by atoms with Crippen LogP contribution in [-0.4, -0.2) is 53.3 Å². The number of nitrogens with zero attached hydrogens (tertiary/aromatic N) is 2. The van der Waals surface area contributed by atoms with Crippen LogP contribution in [0.15, 0.2) is 30.5 Å². The summed E-state index contributed by atoms with van der Waals surface area (Å²) in [7, 11) is 0. The Balaban J connectivity index is 1.58. The molecule has 0 bridgehead atoms. The van der Waals surface area contributed by atoms with Gasteiger partial charge in [-0.2, -0.15) is 13.2 Å². The molecule has 3 atom stereocenters. The van der Waals surface area contributed by atoms with E-state index < -0.39 is 29.5 Å². The number of aromatic nitrogens is 2. The largest absolute Gasteiger partial charge is 0.491 e. The molecule has 0 amide bonds. The van der Waals surface area contributed by atoms with Crippen molar-refractivity contribution in [2.45, 2.75) is 31.3 Å². The molecule has 3 unspecified atom stereocenters. The number of hydrogen-bond acceptors (Lipinski definition) is 5. The number of morpholine rings is 1. The Morgan fingerprint density at radius 2 is 2.03 bits per heavy atom. The van der Waals surface area contributed by atoms with Crippen LogP contribution in [0.5, 0.6) is 5.75 Å². The highest BCUT2D eigenvalue weighted by atomic mass is 19.4. The Labute approximate surface area is 185 Å². The molecule has 4 heterocycles. The van der Waals surface area contributed by atoms with Gasteiger partial charge in [-0.05, 0) is 19.1 Å². The molecule has 2 aliphatic heterocycles. The fraction of sp³-hybridized carbons (Fsp3) is 0.409. The van der Waals surface area contributed by atoms with Gasteiger partial charge >= 0.3 is 6.18 Å². The number of ether oxygens (including phenoxy) is 2. The number of nitrogens with one attached hydrogen (secondary N) is 2. The van der Waals surface area contributed by atoms with E-state index >= 15 is 0 Å². The van der Waals surface area contributed by atoms with Crippen LogP contribution in [0, 0.1) is 11.6 Å². The molecule has 11 heteroatoms. The second-order valence-corrected chi connectivity index (χ2v) is 8.28. The van der Waals surface area contributed by atoms with E-state index in [-0.39, 0.29) is 35.5 Å². The summed E-state index contributed by atoms with van der Waals surface area (Å²) in [5.74, 6) is -0.968. The molecule has 3 aromatic rings. The van der Waals surface area contributed by atoms with Crippen LogP contribution in [0.2, 0.25) is 0 Å². The quantitative estimate of drug-likeness (QED) is 0.555. The maximum absolute atomic E-state index is 14.9. The van der Waals surface area contributed by atoms with Crippen LogP contribution < -0.4 is 10.1 Å². The van der Waals surface area contributed by atoms with Crippen LogP contribution in [0.4, 0.5) is 27.6 Å². The minimum atomic E-state index is -4.64. The SMILES string of the molecule is CC1CN(C2COc3cc(F)ccc3C2Nc2c(F)cnc3[nH]c(C(F)(F)F)cc23)CCO1. The lowest BCUT2D eigenvalue weighted by Gasteiger charge is -2.44. The number of fused-ring (bicyclic) bond motifs is 2. The minimum absolute atomic E-state index is 0.0217. The monoisotopic (exact) mass is 468 g/mol. The molecule has 2 aliphatic rings. The van der Waals surface area contributed by atoms with Crippen LogP contribution in [0.1, 0.15) is 24.2 Å². The van der Waals surface area contributed by atoms with Gasteiger partial charge in [0.15, 0.2) is 5.82 Å². The lowest BCUT2D eigenvalue weighted by Crippen LogP contribution is -2.54. The van der Waals surface area contributed by atoms with Crippen molar-refractivity contribution in [2.75, 3.05) is 31.6 Å². The molecular weight excluding hydrogens is 447 g/mol. The summed E-state index contributed by atoms with van der Waals surface area (Å²) >= 11 is 0. The zero-order valence-electron chi connectivity index (χ0n) is 17.5. The molecule has 176 valence electrons. The van der Waals surface area contributed by atoms with Crippen LogP contribution in [0.3, 0.4) is 0 Å². The predicted octanol–water partition coefficient (Wildman–Crippen LogP) is 4.49. The molecular formula is C22H21F5N4O2. The van der Waals surface area contributed by atoms with E-state index in [0.29, 0.717) is 31.0 Å². The topological polar surface area (TPSA) is 62.4 Å². The van der Waals surface area contributed by atoms with Gasteiger partial charge in [-0.25, -0.2) is 13.8 Å². The Kier molecular flexibility index (Phi) is 5.40. The molecule has 1 fully saturated rings. The van der Waals surface area contributed by atoms with Gasteiger partial charge in [0, 0.05) is 30.1 Å². The van der Waals surface area contributed by atoms with Crippen molar-refractivity contribution in [3.8, 4) is 5.75 Å². The molecule has 5 rings (SSSR count). The van der Waals surface area contributed by atoms with Crippen molar-refractivity contribution in [2.24, 2.45) is 0 Å². The minimum Gasteiger partial charge on any atom is -0.491 e. The van der Waals surface area contributed by atoms with Crippen molar-refractivity contribution in [3.63, 3.8) is 0 Å². The number of hydrogen-bond donors (Lipinski definition) is 2. The summed E-state index contributed by atoms with van der Waals surface area (Å²) in [5, 5.41) is 3.09. The van der Waals surface area contributed by atoms with Gasteiger partial charge in [-0.15, -0.1) is 0 Å². The number of aromatic amines is 1. The highest BCUT2D eigenvalue weighted by Crippen LogP contribution is 2.40. The molecule has 1 saturated heterocycles. The second kappa shape index (κ2) is 8.14. The first-order chi connectivity index (χ1) is 15.7. The average molecular weight is 468 g/mol. The van der Waals surface area contributed by atoms with E-state index in [1.54, 1.807) is 6.07 Å². The third-order valence-electron chi connectivity index (χ3n) is 6.06. The summed E-state index contributed by atoms with van der Waals surface area (Å²) in [6, 6.07) is 4.04. The van der Waals surface area contributed by atoms with E-state index in [0.717, 1.165) is 12.3 Å². The van der Waals surface area contributed by atoms with Gasteiger partial charge in [0.25, 0.3) is 0 Å². The first kappa shape index (κ1) is 21.9. The normalized spacial score (nSPS) is 23.9. The number of pyridine rings is 1. The van der Waals surface area contributed by atoms with Crippen LogP contribution in [0.25, 0.3) is 11.0 Å².